The van der Waals surface area contributed by atoms with Crippen molar-refractivity contribution < 1.29 is 79.6 Å². The van der Waals surface area contributed by atoms with Gasteiger partial charge in [-0.3, -0.25) is 23.5 Å². The van der Waals surface area contributed by atoms with Crippen molar-refractivity contribution in [3.05, 3.63) is 69.0 Å². The topological polar surface area (TPSA) is 243 Å². The highest BCUT2D eigenvalue weighted by Gasteiger charge is 2.70. The van der Waals surface area contributed by atoms with E-state index < -0.39 is 130 Å². The summed E-state index contributed by atoms with van der Waals surface area (Å²) in [5.74, 6) is -4.16. The third kappa shape index (κ3) is 11.6. The molecule has 0 bridgehead atoms. The van der Waals surface area contributed by atoms with Gasteiger partial charge in [-0.1, -0.05) is 71.9 Å². The summed E-state index contributed by atoms with van der Waals surface area (Å²) in [6.45, 7) is 3.97. The van der Waals surface area contributed by atoms with Crippen molar-refractivity contribution in [3.8, 4) is 0 Å². The number of rotatable bonds is 21. The number of alkyl carbamates (subject to hydrolysis) is 1. The molecular weight excluding hydrogens is 824 g/mol. The highest BCUT2D eigenvalue weighted by atomic mass is 31.2. The van der Waals surface area contributed by atoms with E-state index in [1.165, 1.54) is 41.7 Å². The van der Waals surface area contributed by atoms with Crippen molar-refractivity contribution in [3.63, 3.8) is 0 Å². The van der Waals surface area contributed by atoms with Crippen molar-refractivity contribution >= 4 is 31.8 Å². The number of hydrogen-bond acceptors (Lipinski definition) is 18. The third-order valence-electron chi connectivity index (χ3n) is 9.18. The van der Waals surface area contributed by atoms with E-state index in [1.54, 1.807) is 44.2 Å². The molecule has 3 heterocycles. The van der Waals surface area contributed by atoms with Crippen LogP contribution < -0.4 is 16.6 Å². The van der Waals surface area contributed by atoms with Gasteiger partial charge in [0.2, 0.25) is 13.6 Å². The molecule has 2 fully saturated rings. The van der Waals surface area contributed by atoms with Crippen LogP contribution >= 0.6 is 7.82 Å². The molecule has 2 aliphatic rings. The van der Waals surface area contributed by atoms with Crippen LogP contribution in [0.1, 0.15) is 60.3 Å². The number of aromatic nitrogens is 2. The van der Waals surface area contributed by atoms with Gasteiger partial charge in [0.15, 0.2) is 18.6 Å². The first kappa shape index (κ1) is 48.1. The van der Waals surface area contributed by atoms with Crippen LogP contribution in [0.2, 0.25) is 0 Å². The molecule has 1 aromatic heterocycles. The molecule has 0 aliphatic carbocycles. The average Bonchev–Trinajstić information content (AvgIpc) is 3.68. The van der Waals surface area contributed by atoms with Crippen LogP contribution in [-0.2, 0) is 83.8 Å². The number of nitrogens with zero attached hydrogens (tertiary/aromatic N) is 2. The van der Waals surface area contributed by atoms with Crippen molar-refractivity contribution in [1.29, 1.82) is 0 Å². The first-order valence-electron chi connectivity index (χ1n) is 18.7. The lowest BCUT2D eigenvalue weighted by atomic mass is 9.88. The lowest BCUT2D eigenvalue weighted by Gasteiger charge is -2.31. The van der Waals surface area contributed by atoms with Crippen LogP contribution in [0.3, 0.4) is 0 Å². The zero-order valence-electron chi connectivity index (χ0n) is 34.4. The Kier molecular flexibility index (Phi) is 16.7. The number of esters is 3. The Morgan fingerprint density at radius 1 is 0.867 bits per heavy atom. The second kappa shape index (κ2) is 20.8. The molecule has 23 heteroatoms. The number of ether oxygens (including phenoxy) is 8. The number of phosphoric ester groups is 1. The Morgan fingerprint density at radius 3 is 2.03 bits per heavy atom. The van der Waals surface area contributed by atoms with Gasteiger partial charge in [0.05, 0.1) is 18.4 Å². The van der Waals surface area contributed by atoms with Gasteiger partial charge in [-0.2, -0.15) is 0 Å². The maximum atomic E-state index is 15.4. The van der Waals surface area contributed by atoms with Crippen LogP contribution in [0.15, 0.2) is 52.2 Å². The van der Waals surface area contributed by atoms with Gasteiger partial charge in [-0.25, -0.2) is 37.0 Å². The summed E-state index contributed by atoms with van der Waals surface area (Å²) in [4.78, 5) is 76.8. The predicted octanol–water partition coefficient (Wildman–Crippen LogP) is 3.27. The number of carbonyl (C=O) groups is 4. The molecule has 21 nitrogen and oxygen atoms in total. The minimum Gasteiger partial charge on any atom is -0.445 e. The van der Waals surface area contributed by atoms with Gasteiger partial charge in [0, 0.05) is 19.4 Å². The van der Waals surface area contributed by atoms with Crippen LogP contribution in [0, 0.1) is 17.8 Å². The highest BCUT2D eigenvalue weighted by Crippen LogP contribution is 2.56. The van der Waals surface area contributed by atoms with E-state index in [2.05, 4.69) is 5.32 Å². The van der Waals surface area contributed by atoms with E-state index in [0.29, 0.717) is 10.1 Å². The lowest BCUT2D eigenvalue weighted by molar-refractivity contribution is -0.282. The van der Waals surface area contributed by atoms with Gasteiger partial charge in [0.25, 0.3) is 12.0 Å². The number of amides is 1. The number of alkyl halides is 1. The molecule has 4 rings (SSSR count). The lowest BCUT2D eigenvalue weighted by Crippen LogP contribution is -2.52. The molecule has 0 spiro atoms. The molecule has 2 unspecified atom stereocenters. The standard InChI is InChI=1S/C37H51FN3O18P/c1-22(2)27(39-33(46)50-16-25-12-10-9-11-13-25)30(45)51-19-41-26(42)14-15-40(34(41)47)32-36(7)31(57-35(49-8)59-36)37(17-38,58-32)18-54-60(48,55-20-52-28(43)23(3)4)56-21-53-29(44)24(5)6/h9-15,22-24,27,31-32,35H,16-21H2,1-8H3,(H,39,46)/t27?,31-,32+,35?,36+,37+/m0/s1. The monoisotopic (exact) mass is 875 g/mol. The summed E-state index contributed by atoms with van der Waals surface area (Å²) in [6, 6.07) is 8.50. The largest absolute Gasteiger partial charge is 0.480 e. The fourth-order valence-corrected chi connectivity index (χ4v) is 6.80. The zero-order valence-corrected chi connectivity index (χ0v) is 35.3. The molecule has 0 radical (unpaired) electrons. The normalized spacial score (nSPS) is 23.0. The molecule has 1 N–H and O–H groups in total. The Bertz CT molecular complexity index is 1950. The Labute approximate surface area is 344 Å². The minimum atomic E-state index is -4.88. The third-order valence-corrected chi connectivity index (χ3v) is 10.5. The van der Waals surface area contributed by atoms with Crippen LogP contribution in [-0.4, -0.2) is 96.9 Å². The van der Waals surface area contributed by atoms with Gasteiger partial charge in [-0.15, -0.1) is 0 Å². The Hall–Kier alpha value is -4.54. The summed E-state index contributed by atoms with van der Waals surface area (Å²) in [5, 5.41) is 2.43. The number of halogens is 1. The molecule has 1 aromatic carbocycles. The summed E-state index contributed by atoms with van der Waals surface area (Å²) >= 11 is 0. The number of phosphoric acid groups is 1. The first-order chi connectivity index (χ1) is 28.3. The van der Waals surface area contributed by atoms with Crippen molar-refractivity contribution in [2.24, 2.45) is 17.8 Å². The molecule has 0 saturated carbocycles. The van der Waals surface area contributed by atoms with E-state index in [4.69, 9.17) is 51.5 Å². The highest BCUT2D eigenvalue weighted by molar-refractivity contribution is 7.48. The molecule has 1 amide bonds. The van der Waals surface area contributed by atoms with E-state index in [0.717, 1.165) is 16.8 Å². The zero-order chi connectivity index (χ0) is 44.4. The maximum absolute atomic E-state index is 15.4. The average molecular weight is 876 g/mol. The molecule has 334 valence electrons. The Balaban J connectivity index is 1.56. The molecule has 2 saturated heterocycles. The second-order valence-corrected chi connectivity index (χ2v) is 16.4. The number of methoxy groups -OCH3 is 1. The molecular formula is C37H51FN3O18P. The summed E-state index contributed by atoms with van der Waals surface area (Å²) < 4.78 is 89.9. The van der Waals surface area contributed by atoms with Crippen molar-refractivity contribution in [1.82, 2.24) is 14.5 Å². The number of hydrogen-bond donors (Lipinski definition) is 1. The van der Waals surface area contributed by atoms with Gasteiger partial charge in [-0.05, 0) is 18.4 Å². The minimum absolute atomic E-state index is 0.0732. The van der Waals surface area contributed by atoms with Crippen LogP contribution in [0.5, 0.6) is 0 Å². The number of fused-ring (bicyclic) bond motifs is 1. The van der Waals surface area contributed by atoms with Crippen LogP contribution in [0.25, 0.3) is 0 Å². The van der Waals surface area contributed by atoms with E-state index in [9.17, 15) is 33.3 Å². The van der Waals surface area contributed by atoms with E-state index in [1.807, 2.05) is 0 Å². The molecule has 60 heavy (non-hydrogen) atoms. The van der Waals surface area contributed by atoms with Gasteiger partial charge < -0.3 is 43.2 Å². The maximum Gasteiger partial charge on any atom is 0.480 e. The van der Waals surface area contributed by atoms with E-state index >= 15 is 4.39 Å². The second-order valence-electron chi connectivity index (χ2n) is 14.8. The quantitative estimate of drug-likeness (QED) is 0.0819. The Morgan fingerprint density at radius 2 is 1.48 bits per heavy atom. The number of benzene rings is 1. The molecule has 2 aromatic rings. The number of carbonyl (C=O) groups excluding carboxylic acids is 4. The summed E-state index contributed by atoms with van der Waals surface area (Å²) in [5.41, 5.74) is -5.41. The number of nitrogens with one attached hydrogen (secondary N) is 1. The summed E-state index contributed by atoms with van der Waals surface area (Å²) in [7, 11) is -3.67. The first-order valence-corrected chi connectivity index (χ1v) is 20.2. The molecule has 6 atom stereocenters. The van der Waals surface area contributed by atoms with Crippen molar-refractivity contribution in [2.45, 2.75) is 97.9 Å². The van der Waals surface area contributed by atoms with Crippen LogP contribution in [0.4, 0.5) is 9.18 Å². The SMILES string of the molecule is COC1O[C@@H]2[C@@](CF)(COP(=O)(OCOC(=O)C(C)C)OCOC(=O)C(C)C)O[C@@H](n3ccc(=O)n(COC(=O)C(NC(=O)OCc4ccccc4)C(C)C)c3=O)[C@]2(C)O1. The van der Waals surface area contributed by atoms with Gasteiger partial charge in [0.1, 0.15) is 31.0 Å². The molecule has 2 aliphatic heterocycles. The summed E-state index contributed by atoms with van der Waals surface area (Å²) in [6.07, 6.45) is -3.02. The van der Waals surface area contributed by atoms with E-state index in [-0.39, 0.29) is 6.61 Å². The van der Waals surface area contributed by atoms with Crippen molar-refractivity contribution in [2.75, 3.05) is 34.0 Å². The fraction of sp³-hybridized carbons (Fsp3) is 0.622. The predicted molar refractivity (Wildman–Crippen MR) is 201 cm³/mol. The fourth-order valence-electron chi connectivity index (χ4n) is 5.83. The smallest absolute Gasteiger partial charge is 0.445 e. The van der Waals surface area contributed by atoms with Gasteiger partial charge >= 0.3 is 37.5 Å².